The lowest BCUT2D eigenvalue weighted by atomic mass is 10.1. The summed E-state index contributed by atoms with van der Waals surface area (Å²) in [6, 6.07) is 11.4. The van der Waals surface area contributed by atoms with Crippen molar-refractivity contribution >= 4 is 17.7 Å². The summed E-state index contributed by atoms with van der Waals surface area (Å²) in [5.41, 5.74) is 3.75. The summed E-state index contributed by atoms with van der Waals surface area (Å²) in [5.74, 6) is 0.997. The Morgan fingerprint density at radius 1 is 1.10 bits per heavy atom. The van der Waals surface area contributed by atoms with Gasteiger partial charge in [-0.1, -0.05) is 23.9 Å². The van der Waals surface area contributed by atoms with Gasteiger partial charge in [0.15, 0.2) is 0 Å². The first-order valence-corrected chi connectivity index (χ1v) is 9.85. The quantitative estimate of drug-likeness (QED) is 0.410. The van der Waals surface area contributed by atoms with Crippen LogP contribution in [0.1, 0.15) is 16.7 Å². The molecule has 1 aromatic heterocycles. The predicted molar refractivity (Wildman–Crippen MR) is 109 cm³/mol. The minimum Gasteiger partial charge on any atom is -0.497 e. The summed E-state index contributed by atoms with van der Waals surface area (Å²) in [6.07, 6.45) is 0. The van der Waals surface area contributed by atoms with Gasteiger partial charge in [0, 0.05) is 5.56 Å². The smallest absolute Gasteiger partial charge is 0.316 e. The van der Waals surface area contributed by atoms with Gasteiger partial charge in [-0.2, -0.15) is 4.68 Å². The number of esters is 1. The fourth-order valence-electron chi connectivity index (χ4n) is 2.69. The van der Waals surface area contributed by atoms with Crippen molar-refractivity contribution in [3.8, 4) is 17.2 Å². The molecule has 0 saturated carbocycles. The van der Waals surface area contributed by atoms with Crippen LogP contribution in [0, 0.1) is 13.8 Å². The largest absolute Gasteiger partial charge is 0.497 e. The Kier molecular flexibility index (Phi) is 6.71. The number of methoxy groups -OCH3 is 2. The van der Waals surface area contributed by atoms with Gasteiger partial charge in [0.25, 0.3) is 0 Å². The molecule has 0 amide bonds. The van der Waals surface area contributed by atoms with Crippen LogP contribution >= 0.6 is 11.8 Å². The molecule has 0 aliphatic carbocycles. The Labute approximate surface area is 173 Å². The van der Waals surface area contributed by atoms with Crippen molar-refractivity contribution in [1.29, 1.82) is 0 Å². The van der Waals surface area contributed by atoms with E-state index in [-0.39, 0.29) is 18.3 Å². The average Bonchev–Trinajstić information content (AvgIpc) is 3.20. The van der Waals surface area contributed by atoms with Crippen molar-refractivity contribution in [2.75, 3.05) is 20.0 Å². The van der Waals surface area contributed by atoms with E-state index < -0.39 is 0 Å². The maximum Gasteiger partial charge on any atom is 0.316 e. The predicted octanol–water partition coefficient (Wildman–Crippen LogP) is 3.13. The van der Waals surface area contributed by atoms with Gasteiger partial charge in [0.1, 0.15) is 18.1 Å². The van der Waals surface area contributed by atoms with Crippen LogP contribution in [0.5, 0.6) is 11.5 Å². The van der Waals surface area contributed by atoms with E-state index in [2.05, 4.69) is 15.5 Å². The van der Waals surface area contributed by atoms with E-state index in [0.29, 0.717) is 16.7 Å². The number of carbonyl (C=O) groups excluding carboxylic acids is 1. The van der Waals surface area contributed by atoms with Gasteiger partial charge in [0.05, 0.1) is 25.7 Å². The van der Waals surface area contributed by atoms with Crippen LogP contribution in [0.2, 0.25) is 0 Å². The lowest BCUT2D eigenvalue weighted by Gasteiger charge is -2.11. The van der Waals surface area contributed by atoms with Crippen molar-refractivity contribution in [1.82, 2.24) is 20.2 Å². The molecule has 0 N–H and O–H groups in total. The minimum atomic E-state index is -0.379. The molecule has 0 bridgehead atoms. The molecule has 9 heteroatoms. The number of ether oxygens (including phenoxy) is 3. The van der Waals surface area contributed by atoms with Crippen molar-refractivity contribution < 1.29 is 19.0 Å². The van der Waals surface area contributed by atoms with Crippen molar-refractivity contribution in [3.05, 3.63) is 53.1 Å². The molecular formula is C20H22N4O4S. The van der Waals surface area contributed by atoms with Gasteiger partial charge in [-0.25, -0.2) is 0 Å². The standard InChI is InChI=1S/C20H22N4O4S/c1-13-5-6-14(2)17(9-13)24-20(21-22-23-24)29-12-19(25)28-11-15-10-16(26-3)7-8-18(15)27-4/h5-10H,11-12H2,1-4H3. The first-order chi connectivity index (χ1) is 14.0. The van der Waals surface area contributed by atoms with E-state index >= 15 is 0 Å². The molecule has 152 valence electrons. The van der Waals surface area contributed by atoms with E-state index in [9.17, 15) is 4.79 Å². The molecule has 1 heterocycles. The number of hydrogen-bond acceptors (Lipinski definition) is 8. The molecule has 29 heavy (non-hydrogen) atoms. The van der Waals surface area contributed by atoms with Crippen LogP contribution in [0.3, 0.4) is 0 Å². The molecule has 0 fully saturated rings. The van der Waals surface area contributed by atoms with Gasteiger partial charge in [-0.15, -0.1) is 5.10 Å². The van der Waals surface area contributed by atoms with E-state index in [1.54, 1.807) is 37.1 Å². The molecule has 0 atom stereocenters. The van der Waals surface area contributed by atoms with Crippen LogP contribution in [0.4, 0.5) is 0 Å². The van der Waals surface area contributed by atoms with Crippen LogP contribution < -0.4 is 9.47 Å². The summed E-state index contributed by atoms with van der Waals surface area (Å²) in [5, 5.41) is 12.3. The third-order valence-corrected chi connectivity index (χ3v) is 5.12. The third-order valence-electron chi connectivity index (χ3n) is 4.23. The first kappa shape index (κ1) is 20.7. The van der Waals surface area contributed by atoms with Crippen molar-refractivity contribution in [3.63, 3.8) is 0 Å². The Morgan fingerprint density at radius 3 is 2.69 bits per heavy atom. The zero-order valence-corrected chi connectivity index (χ0v) is 17.5. The lowest BCUT2D eigenvalue weighted by Crippen LogP contribution is -2.09. The molecule has 3 rings (SSSR count). The van der Waals surface area contributed by atoms with Gasteiger partial charge in [-0.05, 0) is 59.7 Å². The summed E-state index contributed by atoms with van der Waals surface area (Å²) in [7, 11) is 3.14. The van der Waals surface area contributed by atoms with Gasteiger partial charge < -0.3 is 14.2 Å². The van der Waals surface area contributed by atoms with E-state index in [1.165, 1.54) is 11.8 Å². The number of tetrazole rings is 1. The molecule has 0 unspecified atom stereocenters. The molecule has 0 aliphatic rings. The Balaban J connectivity index is 1.63. The number of nitrogens with zero attached hydrogens (tertiary/aromatic N) is 4. The second-order valence-electron chi connectivity index (χ2n) is 6.29. The number of benzene rings is 2. The Bertz CT molecular complexity index is 1010. The highest BCUT2D eigenvalue weighted by Gasteiger charge is 2.15. The normalized spacial score (nSPS) is 10.6. The number of aryl methyl sites for hydroxylation is 2. The molecule has 2 aromatic carbocycles. The summed E-state index contributed by atoms with van der Waals surface area (Å²) < 4.78 is 17.5. The SMILES string of the molecule is COc1ccc(OC)c(COC(=O)CSc2nnnn2-c2cc(C)ccc2C)c1. The van der Waals surface area contributed by atoms with Crippen LogP contribution in [0.25, 0.3) is 5.69 Å². The maximum atomic E-state index is 12.2. The fraction of sp³-hybridized carbons (Fsp3) is 0.300. The maximum absolute atomic E-state index is 12.2. The second kappa shape index (κ2) is 9.42. The summed E-state index contributed by atoms with van der Waals surface area (Å²) >= 11 is 1.22. The minimum absolute atomic E-state index is 0.0809. The topological polar surface area (TPSA) is 88.4 Å². The van der Waals surface area contributed by atoms with Crippen molar-refractivity contribution in [2.24, 2.45) is 0 Å². The second-order valence-corrected chi connectivity index (χ2v) is 7.23. The van der Waals surface area contributed by atoms with Crippen molar-refractivity contribution in [2.45, 2.75) is 25.6 Å². The fourth-order valence-corrected chi connectivity index (χ4v) is 3.37. The van der Waals surface area contributed by atoms with Crippen LogP contribution in [-0.4, -0.2) is 46.1 Å². The van der Waals surface area contributed by atoms with Gasteiger partial charge >= 0.3 is 5.97 Å². The van der Waals surface area contributed by atoms with Gasteiger partial charge in [-0.3, -0.25) is 4.79 Å². The van der Waals surface area contributed by atoms with Crippen LogP contribution in [0.15, 0.2) is 41.6 Å². The molecule has 3 aromatic rings. The number of hydrogen-bond donors (Lipinski definition) is 0. The number of rotatable bonds is 8. The molecule has 0 spiro atoms. The number of thioether (sulfide) groups is 1. The third kappa shape index (κ3) is 5.05. The van der Waals surface area contributed by atoms with Crippen LogP contribution in [-0.2, 0) is 16.1 Å². The highest BCUT2D eigenvalue weighted by atomic mass is 32.2. The Morgan fingerprint density at radius 2 is 1.93 bits per heavy atom. The number of aromatic nitrogens is 4. The van der Waals surface area contributed by atoms with E-state index in [4.69, 9.17) is 14.2 Å². The molecule has 0 aliphatic heterocycles. The van der Waals surface area contributed by atoms with Gasteiger partial charge in [0.2, 0.25) is 5.16 Å². The lowest BCUT2D eigenvalue weighted by molar-refractivity contribution is -0.141. The average molecular weight is 414 g/mol. The molecular weight excluding hydrogens is 392 g/mol. The monoisotopic (exact) mass is 414 g/mol. The zero-order valence-electron chi connectivity index (χ0n) is 16.7. The summed E-state index contributed by atoms with van der Waals surface area (Å²) in [6.45, 7) is 4.08. The highest BCUT2D eigenvalue weighted by molar-refractivity contribution is 7.99. The molecule has 0 radical (unpaired) electrons. The first-order valence-electron chi connectivity index (χ1n) is 8.87. The molecule has 0 saturated heterocycles. The zero-order chi connectivity index (χ0) is 20.8. The highest BCUT2D eigenvalue weighted by Crippen LogP contribution is 2.25. The Hall–Kier alpha value is -3.07. The molecule has 8 nitrogen and oxygen atoms in total. The number of carbonyl (C=O) groups is 1. The van der Waals surface area contributed by atoms with E-state index in [0.717, 1.165) is 22.4 Å². The van der Waals surface area contributed by atoms with E-state index in [1.807, 2.05) is 32.0 Å². The summed E-state index contributed by atoms with van der Waals surface area (Å²) in [4.78, 5) is 12.2.